The smallest absolute Gasteiger partial charge is 0.128 e. The molecule has 1 fully saturated rings. The fourth-order valence-corrected chi connectivity index (χ4v) is 1.93. The van der Waals surface area contributed by atoms with Gasteiger partial charge in [-0.05, 0) is 43.4 Å². The van der Waals surface area contributed by atoms with Crippen LogP contribution in [0.4, 0.5) is 10.1 Å². The fourth-order valence-electron chi connectivity index (χ4n) is 1.93. The Morgan fingerprint density at radius 3 is 3.06 bits per heavy atom. The molecular weight excluding hydrogens is 205 g/mol. The van der Waals surface area contributed by atoms with Crippen molar-refractivity contribution in [3.63, 3.8) is 0 Å². The third-order valence-electron chi connectivity index (χ3n) is 3.02. The number of halogens is 1. The van der Waals surface area contributed by atoms with E-state index in [2.05, 4.69) is 5.32 Å². The summed E-state index contributed by atoms with van der Waals surface area (Å²) in [4.78, 5) is 0. The van der Waals surface area contributed by atoms with Crippen LogP contribution in [0, 0.1) is 18.7 Å². The molecule has 16 heavy (non-hydrogen) atoms. The molecular formula is C13H18FNO. The van der Waals surface area contributed by atoms with Crippen LogP contribution in [-0.2, 0) is 4.74 Å². The Kier molecular flexibility index (Phi) is 3.78. The Bertz CT molecular complexity index is 348. The maximum absolute atomic E-state index is 13.3. The lowest BCUT2D eigenvalue weighted by Gasteiger charge is -2.22. The highest BCUT2D eigenvalue weighted by Gasteiger charge is 2.13. The van der Waals surface area contributed by atoms with Crippen molar-refractivity contribution in [1.82, 2.24) is 0 Å². The molecule has 2 rings (SSSR count). The normalized spacial score (nSPS) is 20.8. The van der Waals surface area contributed by atoms with Crippen LogP contribution in [0.3, 0.4) is 0 Å². The summed E-state index contributed by atoms with van der Waals surface area (Å²) >= 11 is 0. The molecule has 1 unspecified atom stereocenters. The zero-order valence-corrected chi connectivity index (χ0v) is 9.63. The predicted molar refractivity (Wildman–Crippen MR) is 63.2 cm³/mol. The van der Waals surface area contributed by atoms with Crippen LogP contribution >= 0.6 is 0 Å². The van der Waals surface area contributed by atoms with Crippen LogP contribution in [0.1, 0.15) is 18.4 Å². The van der Waals surface area contributed by atoms with Crippen molar-refractivity contribution < 1.29 is 9.13 Å². The first kappa shape index (κ1) is 11.4. The molecule has 1 aliphatic rings. The van der Waals surface area contributed by atoms with Crippen molar-refractivity contribution in [2.24, 2.45) is 5.92 Å². The Morgan fingerprint density at radius 2 is 2.38 bits per heavy atom. The number of benzene rings is 1. The summed E-state index contributed by atoms with van der Waals surface area (Å²) in [6.07, 6.45) is 2.33. The molecule has 0 aliphatic carbocycles. The van der Waals surface area contributed by atoms with Gasteiger partial charge < -0.3 is 10.1 Å². The number of nitrogens with one attached hydrogen (secondary N) is 1. The Hall–Kier alpha value is -1.09. The summed E-state index contributed by atoms with van der Waals surface area (Å²) in [7, 11) is 0. The van der Waals surface area contributed by atoms with Gasteiger partial charge in [0.15, 0.2) is 0 Å². The maximum Gasteiger partial charge on any atom is 0.128 e. The zero-order valence-electron chi connectivity index (χ0n) is 9.63. The quantitative estimate of drug-likeness (QED) is 0.850. The van der Waals surface area contributed by atoms with Crippen LogP contribution in [0.2, 0.25) is 0 Å². The van der Waals surface area contributed by atoms with Crippen molar-refractivity contribution in [2.45, 2.75) is 19.8 Å². The van der Waals surface area contributed by atoms with Crippen molar-refractivity contribution in [3.05, 3.63) is 29.6 Å². The molecule has 1 saturated heterocycles. The molecule has 88 valence electrons. The van der Waals surface area contributed by atoms with E-state index in [0.29, 0.717) is 11.5 Å². The largest absolute Gasteiger partial charge is 0.385 e. The van der Waals surface area contributed by atoms with Gasteiger partial charge in [0.1, 0.15) is 5.82 Å². The first-order valence-corrected chi connectivity index (χ1v) is 5.83. The first-order valence-electron chi connectivity index (χ1n) is 5.83. The minimum absolute atomic E-state index is 0.148. The van der Waals surface area contributed by atoms with Gasteiger partial charge in [-0.1, -0.05) is 6.07 Å². The molecule has 0 spiro atoms. The zero-order chi connectivity index (χ0) is 11.4. The third-order valence-corrected chi connectivity index (χ3v) is 3.02. The van der Waals surface area contributed by atoms with Gasteiger partial charge in [0.25, 0.3) is 0 Å². The predicted octanol–water partition coefficient (Wildman–Crippen LogP) is 2.97. The van der Waals surface area contributed by atoms with E-state index in [1.165, 1.54) is 6.42 Å². The monoisotopic (exact) mass is 223 g/mol. The molecule has 1 N–H and O–H groups in total. The standard InChI is InChI=1S/C13H18FNO/c1-10-4-5-12(7-13(10)14)15-8-11-3-2-6-16-9-11/h4-5,7,11,15H,2-3,6,8-9H2,1H3. The minimum atomic E-state index is -0.148. The molecule has 1 atom stereocenters. The molecule has 0 amide bonds. The summed E-state index contributed by atoms with van der Waals surface area (Å²) in [6.45, 7) is 4.34. The van der Waals surface area contributed by atoms with E-state index in [1.807, 2.05) is 6.07 Å². The Labute approximate surface area is 95.8 Å². The van der Waals surface area contributed by atoms with E-state index in [0.717, 1.165) is 31.9 Å². The molecule has 1 aliphatic heterocycles. The Morgan fingerprint density at radius 1 is 1.50 bits per heavy atom. The molecule has 1 heterocycles. The summed E-state index contributed by atoms with van der Waals surface area (Å²) in [6, 6.07) is 5.27. The minimum Gasteiger partial charge on any atom is -0.385 e. The Balaban J connectivity index is 1.86. The van der Waals surface area contributed by atoms with Crippen LogP contribution in [0.15, 0.2) is 18.2 Å². The van der Waals surface area contributed by atoms with E-state index in [1.54, 1.807) is 19.1 Å². The lowest BCUT2D eigenvalue weighted by Crippen LogP contribution is -2.24. The first-order chi connectivity index (χ1) is 7.75. The van der Waals surface area contributed by atoms with Crippen LogP contribution in [-0.4, -0.2) is 19.8 Å². The van der Waals surface area contributed by atoms with Gasteiger partial charge in [-0.3, -0.25) is 0 Å². The number of hydrogen-bond donors (Lipinski definition) is 1. The SMILES string of the molecule is Cc1ccc(NCC2CCCOC2)cc1F. The summed E-state index contributed by atoms with van der Waals surface area (Å²) in [5.41, 5.74) is 1.54. The number of hydrogen-bond acceptors (Lipinski definition) is 2. The van der Waals surface area contributed by atoms with Crippen molar-refractivity contribution in [3.8, 4) is 0 Å². The number of anilines is 1. The molecule has 0 bridgehead atoms. The topological polar surface area (TPSA) is 21.3 Å². The van der Waals surface area contributed by atoms with Gasteiger partial charge in [0.2, 0.25) is 0 Å². The molecule has 1 aromatic carbocycles. The molecule has 2 nitrogen and oxygen atoms in total. The van der Waals surface area contributed by atoms with Gasteiger partial charge >= 0.3 is 0 Å². The molecule has 0 radical (unpaired) electrons. The number of aryl methyl sites for hydroxylation is 1. The van der Waals surface area contributed by atoms with Crippen molar-refractivity contribution >= 4 is 5.69 Å². The molecule has 0 saturated carbocycles. The second-order valence-corrected chi connectivity index (χ2v) is 4.43. The van der Waals surface area contributed by atoms with Gasteiger partial charge in [-0.15, -0.1) is 0 Å². The molecule has 1 aromatic rings. The third kappa shape index (κ3) is 2.95. The van der Waals surface area contributed by atoms with Gasteiger partial charge in [0.05, 0.1) is 6.61 Å². The van der Waals surface area contributed by atoms with Gasteiger partial charge in [-0.25, -0.2) is 4.39 Å². The van der Waals surface area contributed by atoms with E-state index in [4.69, 9.17) is 4.74 Å². The van der Waals surface area contributed by atoms with Gasteiger partial charge in [0, 0.05) is 18.8 Å². The van der Waals surface area contributed by atoms with Gasteiger partial charge in [-0.2, -0.15) is 0 Å². The highest BCUT2D eigenvalue weighted by molar-refractivity contribution is 5.45. The summed E-state index contributed by atoms with van der Waals surface area (Å²) in [5, 5.41) is 3.26. The van der Waals surface area contributed by atoms with Crippen LogP contribution in [0.25, 0.3) is 0 Å². The molecule has 0 aromatic heterocycles. The average molecular weight is 223 g/mol. The van der Waals surface area contributed by atoms with Crippen LogP contribution < -0.4 is 5.32 Å². The van der Waals surface area contributed by atoms with E-state index < -0.39 is 0 Å². The van der Waals surface area contributed by atoms with E-state index in [-0.39, 0.29) is 5.82 Å². The highest BCUT2D eigenvalue weighted by atomic mass is 19.1. The summed E-state index contributed by atoms with van der Waals surface area (Å²) in [5.74, 6) is 0.406. The highest BCUT2D eigenvalue weighted by Crippen LogP contribution is 2.17. The average Bonchev–Trinajstić information content (AvgIpc) is 2.32. The van der Waals surface area contributed by atoms with Crippen molar-refractivity contribution in [2.75, 3.05) is 25.1 Å². The van der Waals surface area contributed by atoms with E-state index >= 15 is 0 Å². The maximum atomic E-state index is 13.3. The number of rotatable bonds is 3. The second kappa shape index (κ2) is 5.30. The summed E-state index contributed by atoms with van der Waals surface area (Å²) < 4.78 is 18.7. The fraction of sp³-hybridized carbons (Fsp3) is 0.538. The van der Waals surface area contributed by atoms with Crippen molar-refractivity contribution in [1.29, 1.82) is 0 Å². The lowest BCUT2D eigenvalue weighted by atomic mass is 10.0. The number of ether oxygens (including phenoxy) is 1. The van der Waals surface area contributed by atoms with E-state index in [9.17, 15) is 4.39 Å². The molecule has 3 heteroatoms. The lowest BCUT2D eigenvalue weighted by molar-refractivity contribution is 0.0595. The van der Waals surface area contributed by atoms with Crippen LogP contribution in [0.5, 0.6) is 0 Å². The second-order valence-electron chi connectivity index (χ2n) is 4.43.